The molecule has 0 aromatic heterocycles. The SMILES string of the molecule is CCC1(F)CC(CN=C2/C(=C\C=C\N)Cc3ccc(Cl)c(SC)c3N2CC=O)C1. The van der Waals surface area contributed by atoms with Crippen molar-refractivity contribution >= 4 is 41.2 Å². The first kappa shape index (κ1) is 21.9. The maximum atomic E-state index is 14.3. The summed E-state index contributed by atoms with van der Waals surface area (Å²) in [6.45, 7) is 2.61. The van der Waals surface area contributed by atoms with E-state index in [1.54, 1.807) is 17.8 Å². The van der Waals surface area contributed by atoms with Crippen LogP contribution in [0.5, 0.6) is 0 Å². The van der Waals surface area contributed by atoms with Crippen LogP contribution in [-0.2, 0) is 11.2 Å². The fourth-order valence-electron chi connectivity index (χ4n) is 4.14. The molecule has 1 heterocycles. The van der Waals surface area contributed by atoms with E-state index in [0.29, 0.717) is 37.3 Å². The lowest BCUT2D eigenvalue weighted by molar-refractivity contribution is -0.106. The third-order valence-electron chi connectivity index (χ3n) is 5.67. The minimum absolute atomic E-state index is 0.177. The summed E-state index contributed by atoms with van der Waals surface area (Å²) >= 11 is 8.00. The Balaban J connectivity index is 2.01. The molecule has 0 atom stereocenters. The van der Waals surface area contributed by atoms with Gasteiger partial charge in [-0.25, -0.2) is 4.39 Å². The van der Waals surface area contributed by atoms with E-state index in [1.165, 1.54) is 6.20 Å². The van der Waals surface area contributed by atoms with E-state index in [4.69, 9.17) is 22.3 Å². The second-order valence-corrected chi connectivity index (χ2v) is 8.79. The molecule has 1 saturated carbocycles. The summed E-state index contributed by atoms with van der Waals surface area (Å²) in [6, 6.07) is 3.89. The van der Waals surface area contributed by atoms with Crippen LogP contribution in [0.15, 0.2) is 45.9 Å². The fourth-order valence-corrected chi connectivity index (χ4v) is 5.22. The zero-order valence-electron chi connectivity index (χ0n) is 16.8. The van der Waals surface area contributed by atoms with Crippen LogP contribution < -0.4 is 10.6 Å². The lowest BCUT2D eigenvalue weighted by Crippen LogP contribution is -2.42. The molecule has 7 heteroatoms. The maximum absolute atomic E-state index is 14.3. The molecular formula is C22H27ClFN3OS. The van der Waals surface area contributed by atoms with E-state index in [9.17, 15) is 9.18 Å². The molecule has 0 bridgehead atoms. The molecule has 156 valence electrons. The normalized spacial score (nSPS) is 26.8. The van der Waals surface area contributed by atoms with Gasteiger partial charge in [-0.1, -0.05) is 30.7 Å². The Hall–Kier alpha value is -1.79. The van der Waals surface area contributed by atoms with Gasteiger partial charge < -0.3 is 15.4 Å². The number of carbonyl (C=O) groups is 1. The molecule has 3 rings (SSSR count). The molecule has 1 aliphatic heterocycles. The average Bonchev–Trinajstić information content (AvgIpc) is 2.69. The molecule has 0 unspecified atom stereocenters. The van der Waals surface area contributed by atoms with Crippen molar-refractivity contribution in [3.63, 3.8) is 0 Å². The molecule has 2 aliphatic rings. The number of nitrogens with two attached hydrogens (primary N) is 1. The number of fused-ring (bicyclic) bond motifs is 1. The van der Waals surface area contributed by atoms with E-state index in [0.717, 1.165) is 33.8 Å². The lowest BCUT2D eigenvalue weighted by Gasteiger charge is -2.41. The number of aliphatic imine (C=N–C) groups is 1. The van der Waals surface area contributed by atoms with Gasteiger partial charge >= 0.3 is 0 Å². The number of aldehydes is 1. The average molecular weight is 436 g/mol. The lowest BCUT2D eigenvalue weighted by atomic mass is 9.71. The first-order valence-electron chi connectivity index (χ1n) is 9.84. The number of amidine groups is 1. The zero-order valence-corrected chi connectivity index (χ0v) is 18.4. The zero-order chi connectivity index (χ0) is 21.0. The van der Waals surface area contributed by atoms with E-state index in [2.05, 4.69) is 0 Å². The molecule has 0 amide bonds. The largest absolute Gasteiger partial charge is 0.405 e. The third-order valence-corrected chi connectivity index (χ3v) is 6.92. The fraction of sp³-hybridized carbons (Fsp3) is 0.455. The highest BCUT2D eigenvalue weighted by Gasteiger charge is 2.43. The summed E-state index contributed by atoms with van der Waals surface area (Å²) in [6.07, 6.45) is 10.3. The Labute approximate surface area is 181 Å². The Morgan fingerprint density at radius 1 is 1.45 bits per heavy atom. The summed E-state index contributed by atoms with van der Waals surface area (Å²) in [5.41, 5.74) is 7.52. The predicted molar refractivity (Wildman–Crippen MR) is 121 cm³/mol. The van der Waals surface area contributed by atoms with Gasteiger partial charge in [0, 0.05) is 17.9 Å². The Morgan fingerprint density at radius 3 is 2.83 bits per heavy atom. The van der Waals surface area contributed by atoms with Crippen LogP contribution in [0.1, 0.15) is 31.7 Å². The van der Waals surface area contributed by atoms with Gasteiger partial charge in [0.05, 0.1) is 17.3 Å². The van der Waals surface area contributed by atoms with Crippen LogP contribution in [0.25, 0.3) is 0 Å². The quantitative estimate of drug-likeness (QED) is 0.486. The molecule has 1 fully saturated rings. The van der Waals surface area contributed by atoms with E-state index < -0.39 is 5.67 Å². The number of nitrogens with zero attached hydrogens (tertiary/aromatic N) is 2. The summed E-state index contributed by atoms with van der Waals surface area (Å²) in [5.74, 6) is 0.978. The number of thioether (sulfide) groups is 1. The molecule has 0 saturated heterocycles. The number of hydrogen-bond donors (Lipinski definition) is 1. The number of benzene rings is 1. The van der Waals surface area contributed by atoms with Crippen LogP contribution in [0.2, 0.25) is 5.02 Å². The van der Waals surface area contributed by atoms with Crippen LogP contribution in [0.4, 0.5) is 10.1 Å². The number of rotatable bonds is 7. The number of alkyl halides is 1. The highest BCUT2D eigenvalue weighted by atomic mass is 35.5. The number of hydrogen-bond acceptors (Lipinski definition) is 4. The topological polar surface area (TPSA) is 58.7 Å². The van der Waals surface area contributed by atoms with Crippen molar-refractivity contribution in [2.24, 2.45) is 16.6 Å². The van der Waals surface area contributed by atoms with Crippen LogP contribution in [-0.4, -0.2) is 37.1 Å². The van der Waals surface area contributed by atoms with Crippen molar-refractivity contribution < 1.29 is 9.18 Å². The predicted octanol–water partition coefficient (Wildman–Crippen LogP) is 4.95. The van der Waals surface area contributed by atoms with Gasteiger partial charge in [-0.2, -0.15) is 0 Å². The van der Waals surface area contributed by atoms with Crippen LogP contribution in [0, 0.1) is 5.92 Å². The first-order chi connectivity index (χ1) is 14.0. The van der Waals surface area contributed by atoms with Gasteiger partial charge in [-0.3, -0.25) is 4.99 Å². The highest BCUT2D eigenvalue weighted by Crippen LogP contribution is 2.45. The number of carbonyl (C=O) groups excluding carboxylic acids is 1. The maximum Gasteiger partial charge on any atom is 0.139 e. The van der Waals surface area contributed by atoms with Crippen LogP contribution >= 0.6 is 23.4 Å². The molecule has 1 aromatic rings. The van der Waals surface area contributed by atoms with Gasteiger partial charge in [-0.05, 0) is 60.9 Å². The van der Waals surface area contributed by atoms with E-state index in [-0.39, 0.29) is 12.5 Å². The van der Waals surface area contributed by atoms with Gasteiger partial charge in [0.25, 0.3) is 0 Å². The van der Waals surface area contributed by atoms with E-state index in [1.807, 2.05) is 36.3 Å². The number of halogens is 2. The summed E-state index contributed by atoms with van der Waals surface area (Å²) in [7, 11) is 0. The smallest absolute Gasteiger partial charge is 0.139 e. The summed E-state index contributed by atoms with van der Waals surface area (Å²) in [4.78, 5) is 19.3. The standard InChI is InChI=1S/C22H27ClFN3OS/c1-3-22(24)12-15(13-22)14-26-21-17(5-4-8-25)11-16-6-7-18(23)20(29-2)19(16)27(21)9-10-28/h4-8,10,15H,3,9,11-14,25H2,1-2H3/b8-4+,17-5-,26-21?. The highest BCUT2D eigenvalue weighted by molar-refractivity contribution is 7.98. The Bertz CT molecular complexity index is 862. The number of allylic oxidation sites excluding steroid dienone is 2. The molecule has 0 spiro atoms. The van der Waals surface area contributed by atoms with Crippen molar-refractivity contribution in [1.82, 2.24) is 0 Å². The van der Waals surface area contributed by atoms with Gasteiger partial charge in [0.2, 0.25) is 0 Å². The van der Waals surface area contributed by atoms with Gasteiger partial charge in [0.1, 0.15) is 17.8 Å². The van der Waals surface area contributed by atoms with Crippen molar-refractivity contribution in [1.29, 1.82) is 0 Å². The molecule has 0 radical (unpaired) electrons. The molecule has 1 aromatic carbocycles. The molecule has 2 N–H and O–H groups in total. The second-order valence-electron chi connectivity index (χ2n) is 7.56. The van der Waals surface area contributed by atoms with Crippen molar-refractivity contribution in [3.05, 3.63) is 46.6 Å². The first-order valence-corrected chi connectivity index (χ1v) is 11.4. The minimum atomic E-state index is -1.03. The Kier molecular flexibility index (Phi) is 7.06. The van der Waals surface area contributed by atoms with E-state index >= 15 is 0 Å². The Morgan fingerprint density at radius 2 is 2.21 bits per heavy atom. The second kappa shape index (κ2) is 9.35. The summed E-state index contributed by atoms with van der Waals surface area (Å²) in [5, 5.41) is 0.657. The van der Waals surface area contributed by atoms with Crippen molar-refractivity contribution in [2.45, 2.75) is 43.2 Å². The van der Waals surface area contributed by atoms with Crippen LogP contribution in [0.3, 0.4) is 0 Å². The monoisotopic (exact) mass is 435 g/mol. The molecule has 1 aliphatic carbocycles. The van der Waals surface area contributed by atoms with Gasteiger partial charge in [-0.15, -0.1) is 11.8 Å². The van der Waals surface area contributed by atoms with Crippen molar-refractivity contribution in [2.75, 3.05) is 24.2 Å². The molecule has 4 nitrogen and oxygen atoms in total. The molecular weight excluding hydrogens is 409 g/mol. The minimum Gasteiger partial charge on any atom is -0.405 e. The number of anilines is 1. The summed E-state index contributed by atoms with van der Waals surface area (Å²) < 4.78 is 14.3. The van der Waals surface area contributed by atoms with Crippen molar-refractivity contribution in [3.8, 4) is 0 Å². The third kappa shape index (κ3) is 4.53. The van der Waals surface area contributed by atoms with Gasteiger partial charge in [0.15, 0.2) is 0 Å². The molecule has 29 heavy (non-hydrogen) atoms.